The fraction of sp³-hybridized carbons (Fsp3) is 0. The van der Waals surface area contributed by atoms with Crippen LogP contribution in [0.4, 0.5) is 0 Å². The van der Waals surface area contributed by atoms with Gasteiger partial charge in [0.25, 0.3) is 0 Å². The summed E-state index contributed by atoms with van der Waals surface area (Å²) in [5.41, 5.74) is 3.31. The minimum Gasteiger partial charge on any atom is -0.366 e. The van der Waals surface area contributed by atoms with Gasteiger partial charge in [-0.3, -0.25) is 23.7 Å². The van der Waals surface area contributed by atoms with Gasteiger partial charge in [0.2, 0.25) is 0 Å². The van der Waals surface area contributed by atoms with Crippen LogP contribution in [0.1, 0.15) is 22.3 Å². The van der Waals surface area contributed by atoms with Crippen molar-refractivity contribution in [3.63, 3.8) is 0 Å². The molecule has 0 nitrogen and oxygen atoms in total. The van der Waals surface area contributed by atoms with Gasteiger partial charge in [0.15, 0.2) is 0 Å². The molecule has 0 saturated heterocycles. The van der Waals surface area contributed by atoms with Crippen LogP contribution in [0, 0.1) is 49.4 Å². The molecule has 0 N–H and O–H groups in total. The largest absolute Gasteiger partial charge is 4.00 e. The quantitative estimate of drug-likeness (QED) is 0.160. The molecule has 4 aromatic carbocycles. The van der Waals surface area contributed by atoms with Gasteiger partial charge in [0.05, 0.1) is 0 Å². The van der Waals surface area contributed by atoms with E-state index in [0.29, 0.717) is 0 Å². The van der Waals surface area contributed by atoms with Crippen LogP contribution >= 0.6 is 0 Å². The first kappa shape index (κ1) is 28.8. The number of hydrogen-bond acceptors (Lipinski definition) is 0. The van der Waals surface area contributed by atoms with Crippen molar-refractivity contribution in [1.29, 1.82) is 0 Å². The van der Waals surface area contributed by atoms with Crippen LogP contribution < -0.4 is 0 Å². The number of hydrogen-bond donors (Lipinski definition) is 0. The Morgan fingerprint density at radius 3 is 0.545 bits per heavy atom. The molecule has 0 atom stereocenters. The summed E-state index contributed by atoms with van der Waals surface area (Å²) in [5, 5.41) is 0. The van der Waals surface area contributed by atoms with Crippen molar-refractivity contribution in [3.05, 3.63) is 169 Å². The van der Waals surface area contributed by atoms with E-state index in [0.717, 1.165) is 22.3 Å². The van der Waals surface area contributed by atoms with Crippen molar-refractivity contribution >= 4 is 0 Å². The molecule has 0 aromatic heterocycles. The van der Waals surface area contributed by atoms with Crippen molar-refractivity contribution in [2.24, 2.45) is 0 Å². The van der Waals surface area contributed by atoms with Gasteiger partial charge >= 0.3 is 21.1 Å². The topological polar surface area (TPSA) is 0 Å². The van der Waals surface area contributed by atoms with E-state index < -0.39 is 0 Å². The Kier molecular flexibility index (Phi) is 17.2. The summed E-state index contributed by atoms with van der Waals surface area (Å²) in [5.74, 6) is 9.11. The molecule has 1 heteroatoms. The van der Waals surface area contributed by atoms with Gasteiger partial charge in [-0.25, -0.2) is 0 Å². The Morgan fingerprint density at radius 2 is 0.455 bits per heavy atom. The molecule has 0 spiro atoms. The molecule has 0 unspecified atom stereocenters. The minimum absolute atomic E-state index is 0. The fourth-order valence-corrected chi connectivity index (χ4v) is 2.09. The third-order valence-corrected chi connectivity index (χ3v) is 3.67. The molecule has 0 fully saturated rings. The maximum absolute atomic E-state index is 6.69. The van der Waals surface area contributed by atoms with Gasteiger partial charge in [-0.15, -0.1) is 70.8 Å². The minimum atomic E-state index is 0. The van der Waals surface area contributed by atoms with Gasteiger partial charge in [0, 0.05) is 0 Å². The predicted octanol–water partition coefficient (Wildman–Crippen LogP) is 6.50. The van der Waals surface area contributed by atoms with E-state index in [1.165, 1.54) is 0 Å². The van der Waals surface area contributed by atoms with Crippen molar-refractivity contribution in [2.45, 2.75) is 0 Å². The number of rotatable bonds is 0. The van der Waals surface area contributed by atoms with Crippen LogP contribution in [0.3, 0.4) is 0 Å². The monoisotopic (exact) mass is 599 g/mol. The first-order valence-electron chi connectivity index (χ1n) is 9.64. The normalized spacial score (nSPS) is 7.64. The van der Waals surface area contributed by atoms with E-state index in [-0.39, 0.29) is 21.1 Å². The third kappa shape index (κ3) is 14.4. The van der Waals surface area contributed by atoms with E-state index in [1.807, 2.05) is 121 Å². The number of benzene rings is 4. The van der Waals surface area contributed by atoms with Crippen molar-refractivity contribution in [2.75, 3.05) is 0 Å². The second-order valence-electron chi connectivity index (χ2n) is 5.96. The van der Waals surface area contributed by atoms with Gasteiger partial charge in [-0.05, 0) is 0 Å². The van der Waals surface area contributed by atoms with Crippen LogP contribution in [0.2, 0.25) is 0 Å². The Hall–Kier alpha value is -4.19. The molecule has 0 bridgehead atoms. The molecule has 0 saturated carbocycles. The van der Waals surface area contributed by atoms with Crippen LogP contribution in [-0.4, -0.2) is 0 Å². The molecule has 33 heavy (non-hydrogen) atoms. The Morgan fingerprint density at radius 1 is 0.303 bits per heavy atom. The van der Waals surface area contributed by atoms with Gasteiger partial charge in [-0.2, -0.15) is 0 Å². The van der Waals surface area contributed by atoms with E-state index in [4.69, 9.17) is 25.7 Å². The molecule has 0 amide bonds. The summed E-state index contributed by atoms with van der Waals surface area (Å²) in [7, 11) is 0. The second kappa shape index (κ2) is 19.8. The Bertz CT molecular complexity index is 969. The zero-order valence-electron chi connectivity index (χ0n) is 17.9. The summed E-state index contributed by atoms with van der Waals surface area (Å²) in [4.78, 5) is 0. The summed E-state index contributed by atoms with van der Waals surface area (Å²) < 4.78 is 0. The smallest absolute Gasteiger partial charge is 0.366 e. The van der Waals surface area contributed by atoms with Crippen LogP contribution in [0.5, 0.6) is 0 Å². The van der Waals surface area contributed by atoms with Crippen molar-refractivity contribution in [3.8, 4) is 23.7 Å². The summed E-state index contributed by atoms with van der Waals surface area (Å²) in [6.07, 6.45) is 26.8. The maximum atomic E-state index is 6.69. The predicted molar refractivity (Wildman–Crippen MR) is 131 cm³/mol. The first-order chi connectivity index (χ1) is 15.7. The van der Waals surface area contributed by atoms with E-state index in [9.17, 15) is 0 Å². The third-order valence-electron chi connectivity index (χ3n) is 3.67. The molecular formula is C32H20Pt. The van der Waals surface area contributed by atoms with Crippen LogP contribution in [0.15, 0.2) is 121 Å². The SMILES string of the molecule is [C-]#Cc1ccccc1.[C-]#Cc1ccccc1.[C-]#Cc1ccccc1.[C-]#Cc1ccccc1.[Pt+4]. The molecular weight excluding hydrogens is 579 g/mol. The standard InChI is InChI=1S/4C8H5.Pt/c4*1-2-8-6-4-3-5-7-8;/h4*3-7H;/q4*-1;+4. The van der Waals surface area contributed by atoms with E-state index >= 15 is 0 Å². The van der Waals surface area contributed by atoms with Gasteiger partial charge in [0.1, 0.15) is 0 Å². The second-order valence-corrected chi connectivity index (χ2v) is 5.96. The molecule has 0 aliphatic carbocycles. The summed E-state index contributed by atoms with van der Waals surface area (Å²) >= 11 is 0. The van der Waals surface area contributed by atoms with Crippen molar-refractivity contribution in [1.82, 2.24) is 0 Å². The van der Waals surface area contributed by atoms with Crippen LogP contribution in [-0.2, 0) is 21.1 Å². The zero-order chi connectivity index (χ0) is 23.3. The molecule has 0 radical (unpaired) electrons. The maximum Gasteiger partial charge on any atom is 4.00 e. The van der Waals surface area contributed by atoms with Gasteiger partial charge in [-0.1, -0.05) is 72.8 Å². The first-order valence-corrected chi connectivity index (χ1v) is 9.64. The fourth-order valence-electron chi connectivity index (χ4n) is 2.09. The molecule has 0 aliphatic heterocycles. The molecule has 4 rings (SSSR count). The van der Waals surface area contributed by atoms with Crippen LogP contribution in [0.25, 0.3) is 0 Å². The average Bonchev–Trinajstić information content (AvgIpc) is 2.91. The van der Waals surface area contributed by atoms with E-state index in [2.05, 4.69) is 23.7 Å². The van der Waals surface area contributed by atoms with E-state index in [1.54, 1.807) is 0 Å². The molecule has 0 aliphatic rings. The molecule has 0 heterocycles. The molecule has 158 valence electrons. The summed E-state index contributed by atoms with van der Waals surface area (Å²) in [6.45, 7) is 0. The average molecular weight is 600 g/mol. The molecule has 4 aromatic rings. The van der Waals surface area contributed by atoms with Crippen molar-refractivity contribution < 1.29 is 21.1 Å². The zero-order valence-corrected chi connectivity index (χ0v) is 20.1. The van der Waals surface area contributed by atoms with Gasteiger partial charge < -0.3 is 25.7 Å². The Balaban J connectivity index is 0.000000410. The summed E-state index contributed by atoms with van der Waals surface area (Å²) in [6, 6.07) is 37.5. The Labute approximate surface area is 213 Å².